The van der Waals surface area contributed by atoms with E-state index in [4.69, 9.17) is 9.73 Å². The number of hydrogen-bond donors (Lipinski definition) is 1. The number of nitrogens with one attached hydrogen (secondary N) is 1. The van der Waals surface area contributed by atoms with Crippen molar-refractivity contribution in [2.24, 2.45) is 20.8 Å². The number of benzene rings is 1. The first-order valence-electron chi connectivity index (χ1n) is 11.5. The average Bonchev–Trinajstić information content (AvgIpc) is 3.30. The standard InChI is InChI=1S/C25H33F2N5O2/c1-24(2)20(30-14-21(33)32-15-18(27)12-19(32)13-28)10-11-25(24,3)23(34-5)31-22(29-4)16-6-8-17(26)9-7-16/h6-9,18-20,30H,10-12,14-15H2,1-5H3/t18-,19-,20-,25-/m0/s1. The topological polar surface area (TPSA) is 90.1 Å². The Bertz CT molecular complexity index is 1000. The first kappa shape index (κ1) is 25.8. The molecule has 0 aromatic heterocycles. The lowest BCUT2D eigenvalue weighted by molar-refractivity contribution is -0.130. The molecule has 0 unspecified atom stereocenters. The number of amides is 1. The number of hydrogen-bond acceptors (Lipinski definition) is 5. The van der Waals surface area contributed by atoms with Crippen molar-refractivity contribution in [2.75, 3.05) is 27.2 Å². The number of amidine groups is 1. The number of ether oxygens (including phenoxy) is 1. The fourth-order valence-corrected chi connectivity index (χ4v) is 5.07. The molecule has 1 saturated carbocycles. The minimum Gasteiger partial charge on any atom is -0.484 e. The van der Waals surface area contributed by atoms with Gasteiger partial charge in [-0.25, -0.2) is 8.78 Å². The van der Waals surface area contributed by atoms with Crippen LogP contribution in [0.2, 0.25) is 0 Å². The number of methoxy groups -OCH3 is 1. The van der Waals surface area contributed by atoms with E-state index >= 15 is 0 Å². The Labute approximate surface area is 199 Å². The van der Waals surface area contributed by atoms with Crippen molar-refractivity contribution >= 4 is 17.6 Å². The largest absolute Gasteiger partial charge is 0.484 e. The summed E-state index contributed by atoms with van der Waals surface area (Å²) in [6.07, 6.45) is 0.451. The van der Waals surface area contributed by atoms with E-state index in [0.29, 0.717) is 17.3 Å². The Kier molecular flexibility index (Phi) is 7.71. The zero-order chi connectivity index (χ0) is 25.1. The van der Waals surface area contributed by atoms with Gasteiger partial charge in [-0.05, 0) is 42.5 Å². The van der Waals surface area contributed by atoms with Crippen LogP contribution in [0.4, 0.5) is 8.78 Å². The molecule has 4 atom stereocenters. The molecule has 1 N–H and O–H groups in total. The molecule has 9 heteroatoms. The Hall–Kier alpha value is -2.86. The third-order valence-electron chi connectivity index (χ3n) is 7.63. The Morgan fingerprint density at radius 3 is 2.59 bits per heavy atom. The lowest BCUT2D eigenvalue weighted by Crippen LogP contribution is -2.51. The van der Waals surface area contributed by atoms with Crippen molar-refractivity contribution in [1.29, 1.82) is 5.26 Å². The molecule has 1 heterocycles. The molecule has 0 bridgehead atoms. The molecule has 1 aromatic carbocycles. The lowest BCUT2D eigenvalue weighted by Gasteiger charge is -2.41. The summed E-state index contributed by atoms with van der Waals surface area (Å²) in [7, 11) is 3.20. The molecule has 7 nitrogen and oxygen atoms in total. The van der Waals surface area contributed by atoms with E-state index in [1.807, 2.05) is 6.07 Å². The van der Waals surface area contributed by atoms with Gasteiger partial charge in [-0.3, -0.25) is 9.79 Å². The van der Waals surface area contributed by atoms with Crippen LogP contribution in [0.25, 0.3) is 0 Å². The van der Waals surface area contributed by atoms with Crippen LogP contribution in [0, 0.1) is 28.0 Å². The summed E-state index contributed by atoms with van der Waals surface area (Å²) in [5.74, 6) is 0.355. The Balaban J connectivity index is 1.76. The minimum atomic E-state index is -1.16. The monoisotopic (exact) mass is 473 g/mol. The van der Waals surface area contributed by atoms with E-state index in [2.05, 4.69) is 31.1 Å². The SMILES string of the molecule is CN=C(N=C(OC)[C@]1(C)CC[C@H](NCC(=O)N2C[C@@H](F)C[C@H]2C#N)C1(C)C)c1ccc(F)cc1. The molecule has 2 aliphatic rings. The second-order valence-electron chi connectivity index (χ2n) is 9.73. The number of rotatable bonds is 5. The first-order chi connectivity index (χ1) is 16.1. The summed E-state index contributed by atoms with van der Waals surface area (Å²) in [6.45, 7) is 6.28. The second-order valence-corrected chi connectivity index (χ2v) is 9.73. The highest BCUT2D eigenvalue weighted by molar-refractivity contribution is 6.06. The molecular formula is C25H33F2N5O2. The van der Waals surface area contributed by atoms with Crippen molar-refractivity contribution in [1.82, 2.24) is 10.2 Å². The molecule has 1 amide bonds. The zero-order valence-corrected chi connectivity index (χ0v) is 20.4. The van der Waals surface area contributed by atoms with E-state index in [0.717, 1.165) is 12.8 Å². The molecule has 1 aromatic rings. The molecule has 34 heavy (non-hydrogen) atoms. The third-order valence-corrected chi connectivity index (χ3v) is 7.63. The van der Waals surface area contributed by atoms with Gasteiger partial charge in [0.2, 0.25) is 5.91 Å². The van der Waals surface area contributed by atoms with Gasteiger partial charge in [0.25, 0.3) is 0 Å². The molecule has 0 spiro atoms. The van der Waals surface area contributed by atoms with E-state index < -0.39 is 17.6 Å². The number of alkyl halides is 1. The maximum absolute atomic E-state index is 13.7. The van der Waals surface area contributed by atoms with Crippen LogP contribution in [0.15, 0.2) is 34.3 Å². The summed E-state index contributed by atoms with van der Waals surface area (Å²) in [4.78, 5) is 23.0. The Morgan fingerprint density at radius 1 is 1.32 bits per heavy atom. The van der Waals surface area contributed by atoms with Crippen molar-refractivity contribution in [3.63, 3.8) is 0 Å². The van der Waals surface area contributed by atoms with Crippen LogP contribution in [-0.2, 0) is 9.53 Å². The van der Waals surface area contributed by atoms with Gasteiger partial charge in [0.15, 0.2) is 11.7 Å². The lowest BCUT2D eigenvalue weighted by atomic mass is 9.67. The molecular weight excluding hydrogens is 440 g/mol. The number of likely N-dealkylation sites (tertiary alicyclic amines) is 1. The molecule has 0 radical (unpaired) electrons. The molecule has 3 rings (SSSR count). The van der Waals surface area contributed by atoms with Crippen LogP contribution in [-0.4, -0.2) is 68.0 Å². The maximum atomic E-state index is 13.7. The van der Waals surface area contributed by atoms with Crippen LogP contribution in [0.3, 0.4) is 0 Å². The van der Waals surface area contributed by atoms with Gasteiger partial charge < -0.3 is 15.0 Å². The van der Waals surface area contributed by atoms with Crippen LogP contribution < -0.4 is 5.32 Å². The predicted molar refractivity (Wildman–Crippen MR) is 127 cm³/mol. The van der Waals surface area contributed by atoms with Gasteiger partial charge in [-0.15, -0.1) is 0 Å². The van der Waals surface area contributed by atoms with Gasteiger partial charge >= 0.3 is 0 Å². The number of aliphatic imine (C=N–C) groups is 2. The second kappa shape index (κ2) is 10.2. The highest BCUT2D eigenvalue weighted by Gasteiger charge is 2.55. The maximum Gasteiger partial charge on any atom is 0.237 e. The summed E-state index contributed by atoms with van der Waals surface area (Å²) in [6, 6.07) is 7.26. The van der Waals surface area contributed by atoms with E-state index in [1.54, 1.807) is 26.3 Å². The summed E-state index contributed by atoms with van der Waals surface area (Å²) >= 11 is 0. The van der Waals surface area contributed by atoms with E-state index in [9.17, 15) is 18.8 Å². The van der Waals surface area contributed by atoms with Crippen molar-refractivity contribution in [3.05, 3.63) is 35.6 Å². The third kappa shape index (κ3) is 4.83. The molecule has 1 saturated heterocycles. The predicted octanol–water partition coefficient (Wildman–Crippen LogP) is 3.49. The highest BCUT2D eigenvalue weighted by atomic mass is 19.1. The molecule has 184 valence electrons. The minimum absolute atomic E-state index is 0.0288. The summed E-state index contributed by atoms with van der Waals surface area (Å²) < 4.78 is 32.8. The van der Waals surface area contributed by atoms with Crippen LogP contribution in [0.1, 0.15) is 45.6 Å². The number of nitriles is 1. The summed E-state index contributed by atoms with van der Waals surface area (Å²) in [5.41, 5.74) is -0.140. The first-order valence-corrected chi connectivity index (χ1v) is 11.5. The highest BCUT2D eigenvalue weighted by Crippen LogP contribution is 2.53. The van der Waals surface area contributed by atoms with Gasteiger partial charge in [0.1, 0.15) is 18.0 Å². The fraction of sp³-hybridized carbons (Fsp3) is 0.600. The number of nitrogens with zero attached hydrogens (tertiary/aromatic N) is 4. The van der Waals surface area contributed by atoms with E-state index in [-0.39, 0.29) is 42.7 Å². The average molecular weight is 474 g/mol. The van der Waals surface area contributed by atoms with Crippen molar-refractivity contribution in [2.45, 2.75) is 58.3 Å². The van der Waals surface area contributed by atoms with Gasteiger partial charge in [-0.1, -0.05) is 20.8 Å². The number of halogens is 2. The van der Waals surface area contributed by atoms with Crippen LogP contribution in [0.5, 0.6) is 0 Å². The smallest absolute Gasteiger partial charge is 0.237 e. The molecule has 2 fully saturated rings. The van der Waals surface area contributed by atoms with Gasteiger partial charge in [-0.2, -0.15) is 10.3 Å². The normalized spacial score (nSPS) is 29.2. The van der Waals surface area contributed by atoms with E-state index in [1.165, 1.54) is 17.0 Å². The summed E-state index contributed by atoms with van der Waals surface area (Å²) in [5, 5.41) is 12.6. The van der Waals surface area contributed by atoms with Crippen LogP contribution >= 0.6 is 0 Å². The number of carbonyl (C=O) groups excluding carboxylic acids is 1. The van der Waals surface area contributed by atoms with Gasteiger partial charge in [0.05, 0.1) is 31.7 Å². The number of carbonyl (C=O) groups is 1. The zero-order valence-electron chi connectivity index (χ0n) is 20.4. The molecule has 1 aliphatic heterocycles. The van der Waals surface area contributed by atoms with Crippen molar-refractivity contribution < 1.29 is 18.3 Å². The quantitative estimate of drug-likeness (QED) is 0.524. The van der Waals surface area contributed by atoms with Crippen molar-refractivity contribution in [3.8, 4) is 6.07 Å². The fourth-order valence-electron chi connectivity index (χ4n) is 5.07. The van der Waals surface area contributed by atoms with Gasteiger partial charge in [0, 0.05) is 25.1 Å². The molecule has 1 aliphatic carbocycles. The Morgan fingerprint density at radius 2 is 2.00 bits per heavy atom.